The highest BCUT2D eigenvalue weighted by Gasteiger charge is 1.90. The summed E-state index contributed by atoms with van der Waals surface area (Å²) in [5.74, 6) is 0. The summed E-state index contributed by atoms with van der Waals surface area (Å²) in [6.07, 6.45) is 0. The first-order valence-corrected chi connectivity index (χ1v) is 4.93. The topological polar surface area (TPSA) is 0 Å². The monoisotopic (exact) mass is 300 g/mol. The van der Waals surface area contributed by atoms with E-state index in [1.165, 1.54) is 21.9 Å². The van der Waals surface area contributed by atoms with Crippen molar-refractivity contribution < 1.29 is 7.95 Å². The van der Waals surface area contributed by atoms with E-state index in [0.29, 0.717) is 0 Å². The molecule has 0 aliphatic rings. The average molecular weight is 302 g/mol. The Morgan fingerprint density at radius 2 is 1.42 bits per heavy atom. The molecule has 0 saturated carbocycles. The Hall–Kier alpha value is 0.0400. The average Bonchev–Trinajstić information content (AvgIpc) is 2.21. The van der Waals surface area contributed by atoms with Crippen molar-refractivity contribution in [2.24, 2.45) is 0 Å². The van der Waals surface area contributed by atoms with Gasteiger partial charge in [-0.1, -0.05) is 40.2 Å². The quantitative estimate of drug-likeness (QED) is 0.714. The fraction of sp³-hybridized carbons (Fsp3) is 0.250. The Bertz CT molecular complexity index is 176. The lowest BCUT2D eigenvalue weighted by atomic mass is 10.2. The van der Waals surface area contributed by atoms with E-state index in [2.05, 4.69) is 15.9 Å². The van der Waals surface area contributed by atoms with Gasteiger partial charge in [-0.2, -0.15) is 3.56 Å². The number of halogens is 4. The van der Waals surface area contributed by atoms with E-state index in [1.54, 1.807) is 12.1 Å². The lowest BCUT2D eigenvalue weighted by Gasteiger charge is -1.95. The SMILES string of the molecule is FBr.FCc1ccc(CBr)cc1. The van der Waals surface area contributed by atoms with Gasteiger partial charge in [0.2, 0.25) is 0 Å². The summed E-state index contributed by atoms with van der Waals surface area (Å²) in [6.45, 7) is -0.372. The third-order valence-electron chi connectivity index (χ3n) is 1.33. The van der Waals surface area contributed by atoms with E-state index in [4.69, 9.17) is 0 Å². The Labute approximate surface area is 87.7 Å². The molecule has 0 saturated heterocycles. The van der Waals surface area contributed by atoms with Gasteiger partial charge in [-0.05, 0) is 11.1 Å². The smallest absolute Gasteiger partial charge is 0.158 e. The first-order valence-electron chi connectivity index (χ1n) is 3.21. The van der Waals surface area contributed by atoms with Crippen molar-refractivity contribution in [2.45, 2.75) is 12.0 Å². The van der Waals surface area contributed by atoms with E-state index in [0.717, 1.165) is 10.9 Å². The summed E-state index contributed by atoms with van der Waals surface area (Å²) < 4.78 is 21.3. The van der Waals surface area contributed by atoms with E-state index < -0.39 is 0 Å². The molecule has 1 aromatic rings. The molecular weight excluding hydrogens is 294 g/mol. The van der Waals surface area contributed by atoms with E-state index in [1.807, 2.05) is 12.1 Å². The summed E-state index contributed by atoms with van der Waals surface area (Å²) in [7, 11) is 0. The largest absolute Gasteiger partial charge is 0.246 e. The van der Waals surface area contributed by atoms with Crippen LogP contribution in [0.2, 0.25) is 0 Å². The summed E-state index contributed by atoms with van der Waals surface area (Å²) in [5.41, 5.74) is 1.92. The van der Waals surface area contributed by atoms with E-state index in [-0.39, 0.29) is 6.67 Å². The van der Waals surface area contributed by atoms with E-state index in [9.17, 15) is 7.95 Å². The molecule has 1 aromatic carbocycles. The van der Waals surface area contributed by atoms with Gasteiger partial charge < -0.3 is 0 Å². The Morgan fingerprint density at radius 3 is 1.75 bits per heavy atom. The molecule has 0 N–H and O–H groups in total. The van der Waals surface area contributed by atoms with Crippen molar-refractivity contribution in [3.63, 3.8) is 0 Å². The van der Waals surface area contributed by atoms with Crippen LogP contribution in [0, 0.1) is 0 Å². The number of hydrogen-bond acceptors (Lipinski definition) is 0. The second-order valence-corrected chi connectivity index (χ2v) is 2.64. The molecule has 1 rings (SSSR count). The van der Waals surface area contributed by atoms with Gasteiger partial charge in [0.05, 0.1) is 0 Å². The summed E-state index contributed by atoms with van der Waals surface area (Å²) in [6, 6.07) is 7.44. The van der Waals surface area contributed by atoms with Crippen LogP contribution >= 0.6 is 32.3 Å². The first-order chi connectivity index (χ1) is 5.86. The molecule has 0 spiro atoms. The van der Waals surface area contributed by atoms with Gasteiger partial charge in [0, 0.05) is 5.33 Å². The standard InChI is InChI=1S/C8H8BrF.BrF/c9-5-7-1-3-8(6-10)4-2-7;1-2/h1-4H,5-6H2;. The molecule has 0 aromatic heterocycles. The van der Waals surface area contributed by atoms with Crippen LogP contribution in [0.25, 0.3) is 0 Å². The summed E-state index contributed by atoms with van der Waals surface area (Å²) in [5, 5.41) is 0.833. The van der Waals surface area contributed by atoms with Gasteiger partial charge in [0.1, 0.15) is 6.67 Å². The van der Waals surface area contributed by atoms with Crippen molar-refractivity contribution >= 4 is 32.3 Å². The summed E-state index contributed by atoms with van der Waals surface area (Å²) >= 11 is 4.75. The fourth-order valence-corrected chi connectivity index (χ4v) is 1.09. The molecular formula is C8H8Br2F2. The number of benzene rings is 1. The van der Waals surface area contributed by atoms with Gasteiger partial charge in [0.25, 0.3) is 0 Å². The maximum Gasteiger partial charge on any atom is 0.158 e. The van der Waals surface area contributed by atoms with Crippen LogP contribution in [0.3, 0.4) is 0 Å². The van der Waals surface area contributed by atoms with Crippen molar-refractivity contribution in [3.8, 4) is 0 Å². The minimum absolute atomic E-state index is 0.372. The van der Waals surface area contributed by atoms with Crippen LogP contribution in [0.5, 0.6) is 0 Å². The highest BCUT2D eigenvalue weighted by atomic mass is 79.9. The minimum Gasteiger partial charge on any atom is -0.246 e. The molecule has 0 fully saturated rings. The predicted molar refractivity (Wildman–Crippen MR) is 53.9 cm³/mol. The Morgan fingerprint density at radius 1 is 1.00 bits per heavy atom. The number of rotatable bonds is 2. The molecule has 0 aliphatic heterocycles. The predicted octanol–water partition coefficient (Wildman–Crippen LogP) is 4.32. The van der Waals surface area contributed by atoms with E-state index >= 15 is 0 Å². The fourth-order valence-electron chi connectivity index (χ4n) is 0.717. The number of hydrogen-bond donors (Lipinski definition) is 0. The van der Waals surface area contributed by atoms with Crippen molar-refractivity contribution in [2.75, 3.05) is 0 Å². The molecule has 0 nitrogen and oxygen atoms in total. The van der Waals surface area contributed by atoms with Gasteiger partial charge >= 0.3 is 0 Å². The Kier molecular flexibility index (Phi) is 7.70. The van der Waals surface area contributed by atoms with Crippen molar-refractivity contribution in [1.29, 1.82) is 0 Å². The highest BCUT2D eigenvalue weighted by Crippen LogP contribution is 2.08. The molecule has 4 heteroatoms. The lowest BCUT2D eigenvalue weighted by Crippen LogP contribution is -1.79. The molecule has 0 heterocycles. The van der Waals surface area contributed by atoms with Crippen LogP contribution in [-0.2, 0) is 12.0 Å². The normalized spacial score (nSPS) is 8.67. The zero-order valence-electron chi connectivity index (χ0n) is 6.24. The molecule has 0 atom stereocenters. The maximum atomic E-state index is 11.9. The highest BCUT2D eigenvalue weighted by molar-refractivity contribution is 9.08. The summed E-state index contributed by atoms with van der Waals surface area (Å²) in [4.78, 5) is 0. The zero-order chi connectivity index (χ0) is 9.40. The molecule has 0 radical (unpaired) electrons. The Balaban J connectivity index is 0.000000561. The third-order valence-corrected chi connectivity index (χ3v) is 1.98. The molecule has 0 amide bonds. The molecule has 12 heavy (non-hydrogen) atoms. The van der Waals surface area contributed by atoms with Crippen LogP contribution in [-0.4, -0.2) is 0 Å². The van der Waals surface area contributed by atoms with Crippen LogP contribution in [0.4, 0.5) is 7.95 Å². The molecule has 0 bridgehead atoms. The van der Waals surface area contributed by atoms with Gasteiger partial charge in [-0.3, -0.25) is 0 Å². The van der Waals surface area contributed by atoms with Crippen molar-refractivity contribution in [1.82, 2.24) is 0 Å². The third kappa shape index (κ3) is 4.16. The molecule has 0 aliphatic carbocycles. The second-order valence-electron chi connectivity index (χ2n) is 2.08. The van der Waals surface area contributed by atoms with Gasteiger partial charge in [-0.25, -0.2) is 4.39 Å². The molecule has 0 unspecified atom stereocenters. The first kappa shape index (κ1) is 12.0. The second kappa shape index (κ2) is 7.68. The maximum absolute atomic E-state index is 11.9. The minimum atomic E-state index is -0.372. The molecule has 68 valence electrons. The van der Waals surface area contributed by atoms with Crippen LogP contribution < -0.4 is 0 Å². The lowest BCUT2D eigenvalue weighted by molar-refractivity contribution is 0.485. The van der Waals surface area contributed by atoms with Crippen molar-refractivity contribution in [3.05, 3.63) is 35.4 Å². The van der Waals surface area contributed by atoms with Crippen LogP contribution in [0.1, 0.15) is 11.1 Å². The zero-order valence-corrected chi connectivity index (χ0v) is 9.41. The number of alkyl halides is 2. The van der Waals surface area contributed by atoms with Gasteiger partial charge in [0.15, 0.2) is 16.4 Å². The van der Waals surface area contributed by atoms with Crippen LogP contribution in [0.15, 0.2) is 24.3 Å². The van der Waals surface area contributed by atoms with Gasteiger partial charge in [-0.15, -0.1) is 0 Å².